The lowest BCUT2D eigenvalue weighted by Crippen LogP contribution is -2.31. The predicted octanol–water partition coefficient (Wildman–Crippen LogP) is 12.6. The Morgan fingerprint density at radius 2 is 0.638 bits per heavy atom. The van der Waals surface area contributed by atoms with Crippen LogP contribution in [0.5, 0.6) is 11.5 Å². The van der Waals surface area contributed by atoms with Gasteiger partial charge in [0.1, 0.15) is 33.9 Å². The molecule has 69 heavy (non-hydrogen) atoms. The Kier molecular flexibility index (Phi) is 8.34. The van der Waals surface area contributed by atoms with Gasteiger partial charge in [0.15, 0.2) is 0 Å². The lowest BCUT2D eigenvalue weighted by Gasteiger charge is -2.34. The molecule has 0 fully saturated rings. The van der Waals surface area contributed by atoms with Crippen molar-refractivity contribution in [2.75, 3.05) is 0 Å². The van der Waals surface area contributed by atoms with Gasteiger partial charge in [0.05, 0.1) is 0 Å². The summed E-state index contributed by atoms with van der Waals surface area (Å²) in [6.07, 6.45) is 5.87. The smallest absolute Gasteiger partial charge is 0.145 e. The molecule has 0 radical (unpaired) electrons. The largest absolute Gasteiger partial charge is 0.457 e. The first-order valence-electron chi connectivity index (χ1n) is 23.7. The summed E-state index contributed by atoms with van der Waals surface area (Å²) in [5, 5.41) is 54.3. The monoisotopic (exact) mass is 892 g/mol. The number of allylic oxidation sites excluding steroid dienone is 2. The molecule has 0 aromatic heterocycles. The van der Waals surface area contributed by atoms with Gasteiger partial charge in [0.25, 0.3) is 0 Å². The van der Waals surface area contributed by atoms with Crippen molar-refractivity contribution in [1.29, 1.82) is 0 Å². The number of benzene rings is 9. The Balaban J connectivity index is 1.03. The minimum absolute atomic E-state index is 0.332. The van der Waals surface area contributed by atoms with Gasteiger partial charge in [0, 0.05) is 50.1 Å². The van der Waals surface area contributed by atoms with Gasteiger partial charge in [-0.2, -0.15) is 0 Å². The third-order valence-electron chi connectivity index (χ3n) is 15.8. The number of hydrogen-bond acceptors (Lipinski definition) is 5. The Morgan fingerprint density at radius 1 is 0.319 bits per heavy atom. The van der Waals surface area contributed by atoms with E-state index >= 15 is 0 Å². The van der Waals surface area contributed by atoms with Crippen LogP contribution in [0.1, 0.15) is 79.6 Å². The third-order valence-corrected chi connectivity index (χ3v) is 15.8. The van der Waals surface area contributed by atoms with Gasteiger partial charge in [-0.25, -0.2) is 0 Å². The van der Waals surface area contributed by atoms with Crippen molar-refractivity contribution in [3.63, 3.8) is 0 Å². The van der Waals surface area contributed by atoms with Crippen LogP contribution < -0.4 is 4.74 Å². The number of ether oxygens (including phenoxy) is 1. The molecule has 5 nitrogen and oxygen atoms in total. The summed E-state index contributed by atoms with van der Waals surface area (Å²) in [5.74, 6) is 0.668. The van der Waals surface area contributed by atoms with E-state index in [-0.39, 0.29) is 0 Å². The fourth-order valence-electron chi connectivity index (χ4n) is 12.7. The standard InChI is InChI=1S/C64H44O5/c65-61(49-25-9-1-17-41(49)42-18-2-10-26-50(42)61)39-33-35-59(57(37-39)63(67)53-29-13-5-21-45(53)46-22-6-14-30-54(46)63)69-60-36-34-40(62(66)51-27-11-3-19-43(51)44-20-4-12-28-52(44)62)38-58(60)64(68)55-31-15-7-23-47(55)48-24-8-16-32-56(48)64/h1-3,5-19,21-38,65-68H,4,20H2. The molecule has 0 bridgehead atoms. The van der Waals surface area contributed by atoms with E-state index in [0.29, 0.717) is 56.0 Å². The lowest BCUT2D eigenvalue weighted by atomic mass is 9.77. The molecule has 9 aromatic carbocycles. The van der Waals surface area contributed by atoms with Crippen LogP contribution in [0.4, 0.5) is 0 Å². The van der Waals surface area contributed by atoms with Gasteiger partial charge in [-0.3, -0.25) is 0 Å². The maximum Gasteiger partial charge on any atom is 0.145 e. The minimum Gasteiger partial charge on any atom is -0.457 e. The van der Waals surface area contributed by atoms with Gasteiger partial charge in [-0.15, -0.1) is 0 Å². The van der Waals surface area contributed by atoms with Crippen LogP contribution in [-0.2, 0) is 22.4 Å². The second kappa shape index (κ2) is 14.3. The van der Waals surface area contributed by atoms with Crippen LogP contribution in [0.3, 0.4) is 0 Å². The molecule has 14 rings (SSSR count). The highest BCUT2D eigenvalue weighted by Gasteiger charge is 2.51. The predicted molar refractivity (Wildman–Crippen MR) is 270 cm³/mol. The second-order valence-corrected chi connectivity index (χ2v) is 19.0. The molecular formula is C64H44O5. The van der Waals surface area contributed by atoms with Gasteiger partial charge >= 0.3 is 0 Å². The van der Waals surface area contributed by atoms with Gasteiger partial charge in [-0.05, 0) is 98.3 Å². The number of fused-ring (bicyclic) bond motifs is 11. The van der Waals surface area contributed by atoms with Crippen LogP contribution in [0.2, 0.25) is 0 Å². The molecule has 5 heteroatoms. The summed E-state index contributed by atoms with van der Waals surface area (Å²) >= 11 is 0. The molecule has 0 amide bonds. The van der Waals surface area contributed by atoms with E-state index in [4.69, 9.17) is 4.74 Å². The van der Waals surface area contributed by atoms with Crippen LogP contribution in [0, 0.1) is 0 Å². The van der Waals surface area contributed by atoms with E-state index in [2.05, 4.69) is 18.2 Å². The Hall–Kier alpha value is -7.90. The van der Waals surface area contributed by atoms with E-state index in [1.807, 2.05) is 200 Å². The highest BCUT2D eigenvalue weighted by molar-refractivity contribution is 5.88. The van der Waals surface area contributed by atoms with Gasteiger partial charge in [-0.1, -0.05) is 194 Å². The van der Waals surface area contributed by atoms with E-state index in [1.54, 1.807) is 0 Å². The van der Waals surface area contributed by atoms with Crippen LogP contribution in [0.15, 0.2) is 224 Å². The average molecular weight is 893 g/mol. The first-order chi connectivity index (χ1) is 33.7. The van der Waals surface area contributed by atoms with Crippen LogP contribution >= 0.6 is 0 Å². The topological polar surface area (TPSA) is 90.2 Å². The summed E-state index contributed by atoms with van der Waals surface area (Å²) in [6, 6.07) is 66.9. The second-order valence-electron chi connectivity index (χ2n) is 19.0. The molecule has 0 saturated carbocycles. The molecule has 9 aromatic rings. The first-order valence-corrected chi connectivity index (χ1v) is 23.7. The third kappa shape index (κ3) is 5.17. The molecule has 5 aliphatic rings. The normalized spacial score (nSPS) is 18.6. The zero-order valence-electron chi connectivity index (χ0n) is 37.4. The van der Waals surface area contributed by atoms with E-state index < -0.39 is 22.4 Å². The van der Waals surface area contributed by atoms with Crippen molar-refractivity contribution in [3.05, 3.63) is 291 Å². The van der Waals surface area contributed by atoms with Crippen molar-refractivity contribution in [2.24, 2.45) is 0 Å². The summed E-state index contributed by atoms with van der Waals surface area (Å²) < 4.78 is 7.36. The van der Waals surface area contributed by atoms with Crippen LogP contribution in [-0.4, -0.2) is 20.4 Å². The lowest BCUT2D eigenvalue weighted by molar-refractivity contribution is 0.119. The molecule has 1 unspecified atom stereocenters. The Morgan fingerprint density at radius 3 is 1.03 bits per heavy atom. The van der Waals surface area contributed by atoms with Crippen molar-refractivity contribution in [2.45, 2.75) is 35.2 Å². The van der Waals surface area contributed by atoms with Crippen molar-refractivity contribution in [3.8, 4) is 44.9 Å². The van der Waals surface area contributed by atoms with E-state index in [1.165, 1.54) is 0 Å². The highest BCUT2D eigenvalue weighted by atomic mass is 16.5. The number of aliphatic hydroxyl groups is 4. The van der Waals surface area contributed by atoms with Crippen LogP contribution in [0.25, 0.3) is 39.0 Å². The number of rotatable bonds is 6. The van der Waals surface area contributed by atoms with Crippen molar-refractivity contribution >= 4 is 5.57 Å². The first kappa shape index (κ1) is 40.2. The van der Waals surface area contributed by atoms with Gasteiger partial charge in [0.2, 0.25) is 0 Å². The molecule has 0 spiro atoms. The minimum atomic E-state index is -1.74. The molecule has 0 heterocycles. The maximum atomic E-state index is 13.8. The molecule has 1 atom stereocenters. The SMILES string of the molecule is OC1(c2ccc(Oc3ccc(C4(O)c5ccccc5-c5ccccc54)cc3C3(O)c4ccccc4-c4ccccc43)c(C3(O)c4ccccc4-c4ccccc43)c2)C2=C(CCC=C2)c2ccccc21. The average Bonchev–Trinajstić information content (AvgIpc) is 4.04. The molecule has 0 aliphatic heterocycles. The van der Waals surface area contributed by atoms with Crippen molar-refractivity contribution in [1.82, 2.24) is 0 Å². The highest BCUT2D eigenvalue weighted by Crippen LogP contribution is 2.59. The molecule has 5 aliphatic carbocycles. The Labute approximate surface area is 399 Å². The summed E-state index contributed by atoms with van der Waals surface area (Å²) in [5.41, 5.74) is 9.00. The molecule has 0 saturated heterocycles. The van der Waals surface area contributed by atoms with Gasteiger partial charge < -0.3 is 25.2 Å². The summed E-state index contributed by atoms with van der Waals surface area (Å²) in [6.45, 7) is 0. The summed E-state index contributed by atoms with van der Waals surface area (Å²) in [4.78, 5) is 0. The Bertz CT molecular complexity index is 3610. The molecule has 4 N–H and O–H groups in total. The zero-order chi connectivity index (χ0) is 46.3. The quantitative estimate of drug-likeness (QED) is 0.134. The maximum absolute atomic E-state index is 13.8. The fraction of sp³-hybridized carbons (Fsp3) is 0.0938. The molecular weight excluding hydrogens is 849 g/mol. The summed E-state index contributed by atoms with van der Waals surface area (Å²) in [7, 11) is 0. The number of hydrogen-bond donors (Lipinski definition) is 4. The van der Waals surface area contributed by atoms with E-state index in [9.17, 15) is 20.4 Å². The fourth-order valence-corrected chi connectivity index (χ4v) is 12.7. The zero-order valence-corrected chi connectivity index (χ0v) is 37.4. The van der Waals surface area contributed by atoms with Crippen molar-refractivity contribution < 1.29 is 25.2 Å². The van der Waals surface area contributed by atoms with E-state index in [0.717, 1.165) is 79.6 Å². The molecule has 330 valence electrons.